The van der Waals surface area contributed by atoms with Crippen molar-refractivity contribution < 1.29 is 23.5 Å². The molecule has 2 heterocycles. The lowest BCUT2D eigenvalue weighted by Gasteiger charge is -2.11. The van der Waals surface area contributed by atoms with Gasteiger partial charge in [-0.25, -0.2) is 0 Å². The van der Waals surface area contributed by atoms with Gasteiger partial charge in [-0.3, -0.25) is 19.3 Å². The number of carbonyl (C=O) groups is 3. The predicted molar refractivity (Wildman–Crippen MR) is 104 cm³/mol. The number of benzene rings is 1. The van der Waals surface area contributed by atoms with Crippen LogP contribution in [-0.4, -0.2) is 35.1 Å². The average molecular weight is 396 g/mol. The molecule has 1 fully saturated rings. The van der Waals surface area contributed by atoms with E-state index in [2.05, 4.69) is 11.2 Å². The molecular formula is C20H16N2O5S. The highest BCUT2D eigenvalue weighted by Crippen LogP contribution is 2.32. The maximum Gasteiger partial charge on any atom is 0.294 e. The number of hydrogen-bond acceptors (Lipinski definition) is 6. The van der Waals surface area contributed by atoms with Crippen LogP contribution in [0.3, 0.4) is 0 Å². The Kier molecular flexibility index (Phi) is 6.19. The van der Waals surface area contributed by atoms with Crippen LogP contribution in [0.4, 0.5) is 4.79 Å². The second-order valence-electron chi connectivity index (χ2n) is 5.69. The van der Waals surface area contributed by atoms with Gasteiger partial charge in [-0.15, -0.1) is 6.42 Å². The number of terminal acetylenes is 1. The number of furan rings is 1. The molecule has 1 N–H and O–H groups in total. The van der Waals surface area contributed by atoms with Crippen LogP contribution in [0, 0.1) is 12.3 Å². The number of amides is 3. The summed E-state index contributed by atoms with van der Waals surface area (Å²) in [7, 11) is 0. The van der Waals surface area contributed by atoms with E-state index in [1.807, 2.05) is 0 Å². The van der Waals surface area contributed by atoms with E-state index in [0.717, 1.165) is 22.2 Å². The Bertz CT molecular complexity index is 942. The third-order valence-corrected chi connectivity index (χ3v) is 4.62. The SMILES string of the molecule is C#CCOc1ccc(/C=C2\SC(=O)N(CC(=O)NCc3ccco3)C2=O)cc1. The average Bonchev–Trinajstić information content (AvgIpc) is 3.30. The van der Waals surface area contributed by atoms with Crippen LogP contribution < -0.4 is 10.1 Å². The van der Waals surface area contributed by atoms with Crippen LogP contribution in [0.1, 0.15) is 11.3 Å². The number of thioether (sulfide) groups is 1. The fraction of sp³-hybridized carbons (Fsp3) is 0.150. The van der Waals surface area contributed by atoms with E-state index >= 15 is 0 Å². The second kappa shape index (κ2) is 8.97. The van der Waals surface area contributed by atoms with Gasteiger partial charge in [-0.05, 0) is 47.7 Å². The van der Waals surface area contributed by atoms with Crippen LogP contribution in [-0.2, 0) is 16.1 Å². The van der Waals surface area contributed by atoms with E-state index in [9.17, 15) is 14.4 Å². The quantitative estimate of drug-likeness (QED) is 0.572. The third kappa shape index (κ3) is 4.84. The van der Waals surface area contributed by atoms with Gasteiger partial charge in [0.2, 0.25) is 5.91 Å². The zero-order chi connectivity index (χ0) is 19.9. The molecule has 1 aromatic heterocycles. The molecular weight excluding hydrogens is 380 g/mol. The van der Waals surface area contributed by atoms with Crippen molar-refractivity contribution in [2.24, 2.45) is 0 Å². The Hall–Kier alpha value is -3.44. The van der Waals surface area contributed by atoms with Crippen molar-refractivity contribution in [3.05, 3.63) is 58.9 Å². The maximum atomic E-state index is 12.5. The van der Waals surface area contributed by atoms with E-state index in [1.54, 1.807) is 42.5 Å². The molecule has 1 aliphatic heterocycles. The number of imide groups is 1. The van der Waals surface area contributed by atoms with Gasteiger partial charge in [-0.1, -0.05) is 18.1 Å². The molecule has 0 bridgehead atoms. The number of carbonyl (C=O) groups excluding carboxylic acids is 3. The van der Waals surface area contributed by atoms with Gasteiger partial charge in [0.1, 0.15) is 24.7 Å². The van der Waals surface area contributed by atoms with Gasteiger partial charge in [0.15, 0.2) is 0 Å². The summed E-state index contributed by atoms with van der Waals surface area (Å²) in [5, 5.41) is 2.12. The first kappa shape index (κ1) is 19.3. The minimum Gasteiger partial charge on any atom is -0.481 e. The molecule has 0 spiro atoms. The summed E-state index contributed by atoms with van der Waals surface area (Å²) in [6.45, 7) is 0.00773. The number of nitrogens with zero attached hydrogens (tertiary/aromatic N) is 1. The first-order chi connectivity index (χ1) is 13.6. The molecule has 142 valence electrons. The lowest BCUT2D eigenvalue weighted by atomic mass is 10.2. The smallest absolute Gasteiger partial charge is 0.294 e. The Morgan fingerprint density at radius 1 is 1.29 bits per heavy atom. The van der Waals surface area contributed by atoms with Crippen LogP contribution in [0.15, 0.2) is 52.0 Å². The Balaban J connectivity index is 1.60. The van der Waals surface area contributed by atoms with Crippen molar-refractivity contribution >= 4 is 34.9 Å². The van der Waals surface area contributed by atoms with Gasteiger partial charge < -0.3 is 14.5 Å². The van der Waals surface area contributed by atoms with E-state index in [1.165, 1.54) is 6.26 Å². The standard InChI is InChI=1S/C20H16N2O5S/c1-2-9-26-15-7-5-14(6-8-15)11-17-19(24)22(20(25)28-17)13-18(23)21-12-16-4-3-10-27-16/h1,3-8,10-11H,9,12-13H2,(H,21,23)/b17-11-. The summed E-state index contributed by atoms with van der Waals surface area (Å²) in [5.41, 5.74) is 0.723. The minimum atomic E-state index is -0.504. The van der Waals surface area contributed by atoms with Crippen molar-refractivity contribution in [2.75, 3.05) is 13.2 Å². The van der Waals surface area contributed by atoms with Crippen molar-refractivity contribution in [1.82, 2.24) is 10.2 Å². The monoisotopic (exact) mass is 396 g/mol. The maximum absolute atomic E-state index is 12.5. The summed E-state index contributed by atoms with van der Waals surface area (Å²) >= 11 is 0.795. The second-order valence-corrected chi connectivity index (χ2v) is 6.68. The van der Waals surface area contributed by atoms with Crippen LogP contribution in [0.5, 0.6) is 5.75 Å². The van der Waals surface area contributed by atoms with E-state index in [-0.39, 0.29) is 24.6 Å². The zero-order valence-electron chi connectivity index (χ0n) is 14.7. The van der Waals surface area contributed by atoms with Crippen LogP contribution in [0.25, 0.3) is 6.08 Å². The topological polar surface area (TPSA) is 88.8 Å². The van der Waals surface area contributed by atoms with Gasteiger partial charge in [-0.2, -0.15) is 0 Å². The molecule has 0 atom stereocenters. The van der Waals surface area contributed by atoms with Crippen molar-refractivity contribution in [3.63, 3.8) is 0 Å². The summed E-state index contributed by atoms with van der Waals surface area (Å²) in [5.74, 6) is 2.61. The Morgan fingerprint density at radius 2 is 2.07 bits per heavy atom. The molecule has 0 unspecified atom stereocenters. The Labute approximate surface area is 165 Å². The van der Waals surface area contributed by atoms with Gasteiger partial charge >= 0.3 is 0 Å². The highest BCUT2D eigenvalue weighted by molar-refractivity contribution is 8.18. The van der Waals surface area contributed by atoms with Crippen LogP contribution >= 0.6 is 11.8 Å². The fourth-order valence-corrected chi connectivity index (χ4v) is 3.21. The van der Waals surface area contributed by atoms with Gasteiger partial charge in [0, 0.05) is 0 Å². The zero-order valence-corrected chi connectivity index (χ0v) is 15.5. The van der Waals surface area contributed by atoms with Crippen molar-refractivity contribution in [3.8, 4) is 18.1 Å². The molecule has 0 saturated carbocycles. The molecule has 1 aromatic carbocycles. The number of hydrogen-bond donors (Lipinski definition) is 1. The summed E-state index contributed by atoms with van der Waals surface area (Å²) < 4.78 is 10.4. The van der Waals surface area contributed by atoms with E-state index in [0.29, 0.717) is 11.5 Å². The lowest BCUT2D eigenvalue weighted by molar-refractivity contribution is -0.129. The normalized spacial score (nSPS) is 15.0. The van der Waals surface area contributed by atoms with Gasteiger partial charge in [0.25, 0.3) is 11.1 Å². The van der Waals surface area contributed by atoms with Crippen LogP contribution in [0.2, 0.25) is 0 Å². The van der Waals surface area contributed by atoms with Crippen molar-refractivity contribution in [2.45, 2.75) is 6.54 Å². The molecule has 0 radical (unpaired) electrons. The van der Waals surface area contributed by atoms with E-state index in [4.69, 9.17) is 15.6 Å². The minimum absolute atomic E-state index is 0.167. The summed E-state index contributed by atoms with van der Waals surface area (Å²) in [4.78, 5) is 37.8. The fourth-order valence-electron chi connectivity index (χ4n) is 2.37. The third-order valence-electron chi connectivity index (χ3n) is 3.72. The van der Waals surface area contributed by atoms with Gasteiger partial charge in [0.05, 0.1) is 17.7 Å². The number of ether oxygens (including phenoxy) is 1. The van der Waals surface area contributed by atoms with E-state index < -0.39 is 17.1 Å². The first-order valence-electron chi connectivity index (χ1n) is 8.27. The highest BCUT2D eigenvalue weighted by atomic mass is 32.2. The first-order valence-corrected chi connectivity index (χ1v) is 9.09. The number of rotatable bonds is 7. The lowest BCUT2D eigenvalue weighted by Crippen LogP contribution is -2.39. The molecule has 3 rings (SSSR count). The molecule has 28 heavy (non-hydrogen) atoms. The molecule has 7 nitrogen and oxygen atoms in total. The summed E-state index contributed by atoms with van der Waals surface area (Å²) in [6, 6.07) is 10.3. The Morgan fingerprint density at radius 3 is 2.75 bits per heavy atom. The molecule has 0 aliphatic carbocycles. The molecule has 3 amide bonds. The summed E-state index contributed by atoms with van der Waals surface area (Å²) in [6.07, 6.45) is 8.23. The molecule has 1 saturated heterocycles. The molecule has 1 aliphatic rings. The number of nitrogens with one attached hydrogen (secondary N) is 1. The highest BCUT2D eigenvalue weighted by Gasteiger charge is 2.36. The largest absolute Gasteiger partial charge is 0.481 e. The van der Waals surface area contributed by atoms with Crippen molar-refractivity contribution in [1.29, 1.82) is 0 Å². The predicted octanol–water partition coefficient (Wildman–Crippen LogP) is 2.64. The molecule has 2 aromatic rings. The molecule has 8 heteroatoms.